The second kappa shape index (κ2) is 2.67. The Hall–Kier alpha value is -2.22. The highest BCUT2D eigenvalue weighted by atomic mass is 15.0. The minimum absolute atomic E-state index is 1.18. The maximum Gasteiger partial charge on any atom is 0.0772 e. The minimum atomic E-state index is 1.18. The molecule has 1 aliphatic heterocycles. The average Bonchev–Trinajstić information content (AvgIpc) is 2.68. The lowest BCUT2D eigenvalue weighted by Gasteiger charge is -2.11. The topological polar surface area (TPSA) is 17.0 Å². The van der Waals surface area contributed by atoms with Crippen molar-refractivity contribution in [3.63, 3.8) is 0 Å². The molecule has 4 rings (SSSR count). The fraction of sp³-hybridized carbons (Fsp3) is 0. The average molecular weight is 206 g/mol. The van der Waals surface area contributed by atoms with Crippen molar-refractivity contribution in [2.75, 3.05) is 5.32 Å². The van der Waals surface area contributed by atoms with Crippen molar-refractivity contribution in [3.05, 3.63) is 48.7 Å². The molecule has 1 N–H and O–H groups in total. The van der Waals surface area contributed by atoms with Crippen molar-refractivity contribution in [3.8, 4) is 0 Å². The van der Waals surface area contributed by atoms with Gasteiger partial charge in [0, 0.05) is 23.2 Å². The number of rotatable bonds is 0. The first kappa shape index (κ1) is 7.99. The molecule has 0 amide bonds. The molecular weight excluding hydrogens is 196 g/mol. The first-order valence-electron chi connectivity index (χ1n) is 5.40. The molecule has 2 heteroatoms. The van der Waals surface area contributed by atoms with E-state index in [0.29, 0.717) is 0 Å². The van der Waals surface area contributed by atoms with E-state index in [1.54, 1.807) is 0 Å². The van der Waals surface area contributed by atoms with Gasteiger partial charge in [0.1, 0.15) is 0 Å². The molecule has 0 saturated heterocycles. The molecule has 2 heterocycles. The van der Waals surface area contributed by atoms with E-state index in [9.17, 15) is 0 Å². The molecule has 0 aliphatic carbocycles. The summed E-state index contributed by atoms with van der Waals surface area (Å²) in [5.41, 5.74) is 3.71. The molecule has 3 aromatic rings. The van der Waals surface area contributed by atoms with Crippen LogP contribution in [0.1, 0.15) is 0 Å². The lowest BCUT2D eigenvalue weighted by atomic mass is 10.1. The van der Waals surface area contributed by atoms with E-state index in [1.165, 1.54) is 27.5 Å². The lowest BCUT2D eigenvalue weighted by molar-refractivity contribution is 1.26. The Balaban J connectivity index is 2.40. The third-order valence-corrected chi connectivity index (χ3v) is 3.19. The second-order valence-electron chi connectivity index (χ2n) is 4.05. The summed E-state index contributed by atoms with van der Waals surface area (Å²) < 4.78 is 2.25. The second-order valence-corrected chi connectivity index (χ2v) is 4.05. The Labute approximate surface area is 92.8 Å². The highest BCUT2D eigenvalue weighted by molar-refractivity contribution is 6.13. The van der Waals surface area contributed by atoms with Crippen LogP contribution < -0.4 is 5.32 Å². The number of para-hydroxylation sites is 2. The van der Waals surface area contributed by atoms with Crippen molar-refractivity contribution >= 4 is 33.7 Å². The minimum Gasteiger partial charge on any atom is -0.359 e. The highest BCUT2D eigenvalue weighted by Gasteiger charge is 2.13. The number of anilines is 1. The molecule has 0 radical (unpaired) electrons. The summed E-state index contributed by atoms with van der Waals surface area (Å²) in [6, 6.07) is 14.9. The molecule has 76 valence electrons. The van der Waals surface area contributed by atoms with Crippen molar-refractivity contribution in [1.82, 2.24) is 4.57 Å². The Bertz CT molecular complexity index is 735. The van der Waals surface area contributed by atoms with E-state index in [2.05, 4.69) is 58.5 Å². The first-order valence-corrected chi connectivity index (χ1v) is 5.40. The molecule has 1 aromatic heterocycles. The van der Waals surface area contributed by atoms with Gasteiger partial charge in [0.2, 0.25) is 0 Å². The van der Waals surface area contributed by atoms with Gasteiger partial charge in [-0.25, -0.2) is 0 Å². The largest absolute Gasteiger partial charge is 0.359 e. The molecule has 0 spiro atoms. The van der Waals surface area contributed by atoms with Gasteiger partial charge < -0.3 is 9.88 Å². The van der Waals surface area contributed by atoms with Crippen molar-refractivity contribution in [2.45, 2.75) is 0 Å². The highest BCUT2D eigenvalue weighted by Crippen LogP contribution is 2.35. The predicted octanol–water partition coefficient (Wildman–Crippen LogP) is 3.65. The maximum atomic E-state index is 3.29. The number of hydrogen-bond donors (Lipinski definition) is 1. The van der Waals surface area contributed by atoms with Gasteiger partial charge in [-0.1, -0.05) is 30.3 Å². The van der Waals surface area contributed by atoms with Crippen LogP contribution in [-0.2, 0) is 0 Å². The number of hydrogen-bond acceptors (Lipinski definition) is 1. The van der Waals surface area contributed by atoms with Crippen molar-refractivity contribution in [1.29, 1.82) is 0 Å². The van der Waals surface area contributed by atoms with Crippen LogP contribution in [0.25, 0.3) is 28.0 Å². The Kier molecular flexibility index (Phi) is 1.33. The normalized spacial score (nSPS) is 13.2. The summed E-state index contributed by atoms with van der Waals surface area (Å²) in [7, 11) is 0. The predicted molar refractivity (Wildman–Crippen MR) is 68.4 cm³/mol. The molecule has 0 bridgehead atoms. The molecule has 0 saturated carbocycles. The van der Waals surface area contributed by atoms with Crippen LogP contribution in [0.15, 0.2) is 48.7 Å². The zero-order valence-corrected chi connectivity index (χ0v) is 8.64. The van der Waals surface area contributed by atoms with Gasteiger partial charge in [-0.05, 0) is 12.1 Å². The van der Waals surface area contributed by atoms with E-state index in [0.717, 1.165) is 0 Å². The zero-order chi connectivity index (χ0) is 10.5. The molecule has 0 unspecified atom stereocenters. The fourth-order valence-electron chi connectivity index (χ4n) is 2.53. The van der Waals surface area contributed by atoms with E-state index >= 15 is 0 Å². The van der Waals surface area contributed by atoms with Gasteiger partial charge in [-0.15, -0.1) is 0 Å². The van der Waals surface area contributed by atoms with Crippen LogP contribution >= 0.6 is 0 Å². The van der Waals surface area contributed by atoms with Crippen LogP contribution in [0.3, 0.4) is 0 Å². The lowest BCUT2D eigenvalue weighted by Crippen LogP contribution is -1.98. The molecule has 2 aromatic carbocycles. The number of aromatic nitrogens is 1. The van der Waals surface area contributed by atoms with Gasteiger partial charge in [0.15, 0.2) is 0 Å². The smallest absolute Gasteiger partial charge is 0.0772 e. The van der Waals surface area contributed by atoms with Crippen LogP contribution in [0.5, 0.6) is 0 Å². The Morgan fingerprint density at radius 3 is 2.75 bits per heavy atom. The third-order valence-electron chi connectivity index (χ3n) is 3.19. The molecule has 0 fully saturated rings. The third kappa shape index (κ3) is 0.823. The van der Waals surface area contributed by atoms with E-state index in [-0.39, 0.29) is 0 Å². The Morgan fingerprint density at radius 2 is 1.75 bits per heavy atom. The summed E-state index contributed by atoms with van der Waals surface area (Å²) in [4.78, 5) is 0. The van der Waals surface area contributed by atoms with Crippen LogP contribution in [0.4, 0.5) is 5.69 Å². The quantitative estimate of drug-likeness (QED) is 0.594. The summed E-state index contributed by atoms with van der Waals surface area (Å²) in [5.74, 6) is 0. The molecule has 16 heavy (non-hydrogen) atoms. The summed E-state index contributed by atoms with van der Waals surface area (Å²) in [5, 5.41) is 5.91. The zero-order valence-electron chi connectivity index (χ0n) is 8.64. The van der Waals surface area contributed by atoms with Gasteiger partial charge in [0.25, 0.3) is 0 Å². The fourth-order valence-corrected chi connectivity index (χ4v) is 2.53. The number of fused-ring (bicyclic) bond motifs is 3. The standard InChI is InChI=1S/C14H10N2/c1-2-7-13-10(4-1)11-5-3-6-12-14(11)16(13)9-8-15-12/h1-9,15H. The summed E-state index contributed by atoms with van der Waals surface area (Å²) in [6.45, 7) is 0. The Morgan fingerprint density at radius 1 is 0.875 bits per heavy atom. The van der Waals surface area contributed by atoms with Crippen molar-refractivity contribution in [2.24, 2.45) is 0 Å². The molecule has 2 nitrogen and oxygen atoms in total. The number of nitrogens with zero attached hydrogens (tertiary/aromatic N) is 1. The van der Waals surface area contributed by atoms with Gasteiger partial charge in [-0.2, -0.15) is 0 Å². The molecule has 1 aliphatic rings. The number of benzene rings is 2. The van der Waals surface area contributed by atoms with Crippen molar-refractivity contribution < 1.29 is 0 Å². The van der Waals surface area contributed by atoms with Gasteiger partial charge in [0.05, 0.1) is 16.7 Å². The maximum absolute atomic E-state index is 3.29. The summed E-state index contributed by atoms with van der Waals surface area (Å²) >= 11 is 0. The molecule has 0 atom stereocenters. The van der Waals surface area contributed by atoms with Crippen LogP contribution in [0, 0.1) is 0 Å². The summed E-state index contributed by atoms with van der Waals surface area (Å²) in [6.07, 6.45) is 4.06. The van der Waals surface area contributed by atoms with Crippen LogP contribution in [-0.4, -0.2) is 4.57 Å². The van der Waals surface area contributed by atoms with E-state index < -0.39 is 0 Å². The SMILES string of the molecule is C1=Cn2c3ccccc3c3cccc(c32)N1. The number of nitrogens with one attached hydrogen (secondary N) is 1. The van der Waals surface area contributed by atoms with E-state index in [1.807, 2.05) is 6.20 Å². The van der Waals surface area contributed by atoms with E-state index in [4.69, 9.17) is 0 Å². The molecular formula is C14H10N2. The first-order chi connectivity index (χ1) is 7.95. The monoisotopic (exact) mass is 206 g/mol. The van der Waals surface area contributed by atoms with Gasteiger partial charge in [-0.3, -0.25) is 0 Å². The van der Waals surface area contributed by atoms with Crippen LogP contribution in [0.2, 0.25) is 0 Å². The van der Waals surface area contributed by atoms with Gasteiger partial charge >= 0.3 is 0 Å².